The van der Waals surface area contributed by atoms with Gasteiger partial charge in [0, 0.05) is 50.2 Å². The molecule has 8 nitrogen and oxygen atoms in total. The lowest BCUT2D eigenvalue weighted by atomic mass is 9.96. The largest absolute Gasteiger partial charge is 0.379 e. The number of fused-ring (bicyclic) bond motifs is 3. The molecule has 6 rings (SSSR count). The summed E-state index contributed by atoms with van der Waals surface area (Å²) >= 11 is 1.87. The minimum absolute atomic E-state index is 0.115. The minimum Gasteiger partial charge on any atom is -0.379 e. The van der Waals surface area contributed by atoms with Crippen molar-refractivity contribution in [2.45, 2.75) is 64.0 Å². The third-order valence-electron chi connectivity index (χ3n) is 7.86. The molecule has 0 aromatic carbocycles. The fourth-order valence-electron chi connectivity index (χ4n) is 5.91. The van der Waals surface area contributed by atoms with Crippen LogP contribution < -0.4 is 10.2 Å². The Labute approximate surface area is 205 Å². The van der Waals surface area contributed by atoms with Gasteiger partial charge in [-0.2, -0.15) is 0 Å². The Hall–Kier alpha value is -1.97. The van der Waals surface area contributed by atoms with Crippen molar-refractivity contribution < 1.29 is 9.53 Å². The van der Waals surface area contributed by atoms with Crippen LogP contribution in [0, 0.1) is 0 Å². The zero-order valence-corrected chi connectivity index (χ0v) is 20.9. The SMILES string of the molecule is O=C(NC1CCCCC1)N1CCN(c2nc(CN3CCOCC3)nc3sc4c(c23)CCC4)CC1. The number of urea groups is 1. The second kappa shape index (κ2) is 9.95. The summed E-state index contributed by atoms with van der Waals surface area (Å²) in [5.74, 6) is 2.02. The molecule has 0 radical (unpaired) electrons. The molecule has 0 spiro atoms. The number of morpholine rings is 1. The van der Waals surface area contributed by atoms with Crippen molar-refractivity contribution in [3.05, 3.63) is 16.3 Å². The number of piperazine rings is 1. The highest BCUT2D eigenvalue weighted by Crippen LogP contribution is 2.41. The van der Waals surface area contributed by atoms with Gasteiger partial charge < -0.3 is 19.9 Å². The van der Waals surface area contributed by atoms with Crippen molar-refractivity contribution in [2.24, 2.45) is 0 Å². The lowest BCUT2D eigenvalue weighted by Crippen LogP contribution is -2.54. The lowest BCUT2D eigenvalue weighted by molar-refractivity contribution is 0.0331. The Morgan fingerprint density at radius 2 is 1.76 bits per heavy atom. The summed E-state index contributed by atoms with van der Waals surface area (Å²) in [4.78, 5) is 32.5. The van der Waals surface area contributed by atoms with Crippen LogP contribution in [0.15, 0.2) is 0 Å². The standard InChI is InChI=1S/C25H36N6O2S/c32-25(26-18-5-2-1-3-6-18)31-11-9-30(10-12-31)23-22-19-7-4-8-20(19)34-24(22)28-21(27-23)17-29-13-15-33-16-14-29/h18H,1-17H2,(H,26,32). The summed E-state index contributed by atoms with van der Waals surface area (Å²) in [7, 11) is 0. The second-order valence-electron chi connectivity index (χ2n) is 10.1. The number of aromatic nitrogens is 2. The van der Waals surface area contributed by atoms with Crippen LogP contribution in [0.3, 0.4) is 0 Å². The van der Waals surface area contributed by atoms with E-state index in [9.17, 15) is 4.79 Å². The molecule has 3 fully saturated rings. The van der Waals surface area contributed by atoms with Gasteiger partial charge in [0.1, 0.15) is 16.5 Å². The molecule has 4 heterocycles. The van der Waals surface area contributed by atoms with Crippen molar-refractivity contribution in [1.29, 1.82) is 0 Å². The van der Waals surface area contributed by atoms with Crippen LogP contribution in [0.25, 0.3) is 10.2 Å². The highest BCUT2D eigenvalue weighted by atomic mass is 32.1. The van der Waals surface area contributed by atoms with Crippen molar-refractivity contribution in [3.63, 3.8) is 0 Å². The number of hydrogen-bond donors (Lipinski definition) is 1. The van der Waals surface area contributed by atoms with Gasteiger partial charge in [0.15, 0.2) is 0 Å². The van der Waals surface area contributed by atoms with E-state index in [4.69, 9.17) is 14.7 Å². The molecule has 1 saturated carbocycles. The van der Waals surface area contributed by atoms with Crippen LogP contribution in [-0.4, -0.2) is 84.3 Å². The van der Waals surface area contributed by atoms with Gasteiger partial charge in [-0.15, -0.1) is 11.3 Å². The zero-order valence-electron chi connectivity index (χ0n) is 20.1. The van der Waals surface area contributed by atoms with Gasteiger partial charge in [-0.25, -0.2) is 14.8 Å². The molecule has 4 aliphatic rings. The van der Waals surface area contributed by atoms with E-state index in [2.05, 4.69) is 15.1 Å². The average Bonchev–Trinajstić information content (AvgIpc) is 3.46. The quantitative estimate of drug-likeness (QED) is 0.719. The third-order valence-corrected chi connectivity index (χ3v) is 9.05. The molecule has 184 valence electrons. The molecule has 2 aliphatic carbocycles. The monoisotopic (exact) mass is 484 g/mol. The number of thiophene rings is 1. The summed E-state index contributed by atoms with van der Waals surface area (Å²) in [6.07, 6.45) is 9.57. The molecule has 2 saturated heterocycles. The summed E-state index contributed by atoms with van der Waals surface area (Å²) in [6, 6.07) is 0.473. The van der Waals surface area contributed by atoms with E-state index in [1.165, 1.54) is 47.9 Å². The number of nitrogens with one attached hydrogen (secondary N) is 1. The normalized spacial score (nSPS) is 22.4. The van der Waals surface area contributed by atoms with Gasteiger partial charge in [0.05, 0.1) is 25.1 Å². The molecule has 0 bridgehead atoms. The number of amides is 2. The van der Waals surface area contributed by atoms with Crippen molar-refractivity contribution in [3.8, 4) is 0 Å². The first-order valence-electron chi connectivity index (χ1n) is 13.2. The molecule has 2 amide bonds. The van der Waals surface area contributed by atoms with Gasteiger partial charge in [0.2, 0.25) is 0 Å². The lowest BCUT2D eigenvalue weighted by Gasteiger charge is -2.37. The number of anilines is 1. The number of rotatable bonds is 4. The predicted octanol–water partition coefficient (Wildman–Crippen LogP) is 3.18. The van der Waals surface area contributed by atoms with Gasteiger partial charge in [-0.05, 0) is 37.7 Å². The highest BCUT2D eigenvalue weighted by Gasteiger charge is 2.29. The first-order chi connectivity index (χ1) is 16.7. The summed E-state index contributed by atoms with van der Waals surface area (Å²) in [6.45, 7) is 7.36. The maximum Gasteiger partial charge on any atom is 0.317 e. The molecule has 9 heteroatoms. The molecule has 2 aromatic rings. The van der Waals surface area contributed by atoms with Crippen LogP contribution >= 0.6 is 11.3 Å². The van der Waals surface area contributed by atoms with E-state index in [1.807, 2.05) is 16.2 Å². The van der Waals surface area contributed by atoms with Crippen molar-refractivity contribution in [2.75, 3.05) is 57.4 Å². The summed E-state index contributed by atoms with van der Waals surface area (Å²) in [5.41, 5.74) is 1.48. The Balaban J connectivity index is 1.19. The number of carbonyl (C=O) groups is 1. The maximum atomic E-state index is 12.9. The smallest absolute Gasteiger partial charge is 0.317 e. The number of hydrogen-bond acceptors (Lipinski definition) is 7. The second-order valence-corrected chi connectivity index (χ2v) is 11.2. The molecule has 1 N–H and O–H groups in total. The Morgan fingerprint density at radius 1 is 0.971 bits per heavy atom. The van der Waals surface area contributed by atoms with E-state index in [-0.39, 0.29) is 6.03 Å². The van der Waals surface area contributed by atoms with E-state index in [0.717, 1.165) is 94.8 Å². The third kappa shape index (κ3) is 4.62. The summed E-state index contributed by atoms with van der Waals surface area (Å²) < 4.78 is 5.52. The Bertz CT molecular complexity index is 1020. The molecule has 34 heavy (non-hydrogen) atoms. The minimum atomic E-state index is 0.115. The zero-order chi connectivity index (χ0) is 22.9. The van der Waals surface area contributed by atoms with Crippen LogP contribution in [0.2, 0.25) is 0 Å². The first-order valence-corrected chi connectivity index (χ1v) is 14.0. The predicted molar refractivity (Wildman–Crippen MR) is 135 cm³/mol. The van der Waals surface area contributed by atoms with Gasteiger partial charge >= 0.3 is 6.03 Å². The fraction of sp³-hybridized carbons (Fsp3) is 0.720. The molecular formula is C25H36N6O2S. The molecule has 2 aliphatic heterocycles. The van der Waals surface area contributed by atoms with E-state index in [0.29, 0.717) is 6.04 Å². The molecule has 0 unspecified atom stereocenters. The van der Waals surface area contributed by atoms with E-state index in [1.54, 1.807) is 0 Å². The number of ether oxygens (including phenoxy) is 1. The van der Waals surface area contributed by atoms with Crippen LogP contribution in [0.4, 0.5) is 10.6 Å². The first kappa shape index (κ1) is 22.5. The molecule has 2 aromatic heterocycles. The van der Waals surface area contributed by atoms with Gasteiger partial charge in [-0.1, -0.05) is 19.3 Å². The maximum absolute atomic E-state index is 12.9. The number of carbonyl (C=O) groups excluding carboxylic acids is 1. The molecular weight excluding hydrogens is 448 g/mol. The van der Waals surface area contributed by atoms with Crippen LogP contribution in [-0.2, 0) is 24.1 Å². The van der Waals surface area contributed by atoms with E-state index >= 15 is 0 Å². The highest BCUT2D eigenvalue weighted by molar-refractivity contribution is 7.19. The average molecular weight is 485 g/mol. The topological polar surface area (TPSA) is 73.8 Å². The summed E-state index contributed by atoms with van der Waals surface area (Å²) in [5, 5.41) is 4.57. The van der Waals surface area contributed by atoms with Crippen LogP contribution in [0.1, 0.15) is 54.8 Å². The number of nitrogens with zero attached hydrogens (tertiary/aromatic N) is 5. The van der Waals surface area contributed by atoms with Gasteiger partial charge in [0.25, 0.3) is 0 Å². The molecule has 0 atom stereocenters. The van der Waals surface area contributed by atoms with Crippen molar-refractivity contribution >= 4 is 33.4 Å². The fourth-order valence-corrected chi connectivity index (χ4v) is 7.19. The van der Waals surface area contributed by atoms with Crippen LogP contribution in [0.5, 0.6) is 0 Å². The number of aryl methyl sites for hydroxylation is 2. The van der Waals surface area contributed by atoms with E-state index < -0.39 is 0 Å². The van der Waals surface area contributed by atoms with Gasteiger partial charge in [-0.3, -0.25) is 4.90 Å². The Morgan fingerprint density at radius 3 is 2.56 bits per heavy atom. The van der Waals surface area contributed by atoms with Crippen molar-refractivity contribution in [1.82, 2.24) is 25.1 Å². The Kier molecular flexibility index (Phi) is 6.58.